The van der Waals surface area contributed by atoms with E-state index in [9.17, 15) is 22.8 Å². The van der Waals surface area contributed by atoms with Crippen LogP contribution in [0.15, 0.2) is 24.3 Å². The molecule has 1 aliphatic carbocycles. The second-order valence-electron chi connectivity index (χ2n) is 6.09. The van der Waals surface area contributed by atoms with E-state index < -0.39 is 30.2 Å². The smallest absolute Gasteiger partial charge is 0.416 e. The van der Waals surface area contributed by atoms with Gasteiger partial charge in [-0.25, -0.2) is 4.79 Å². The zero-order valence-corrected chi connectivity index (χ0v) is 13.4. The van der Waals surface area contributed by atoms with Gasteiger partial charge in [-0.2, -0.15) is 13.2 Å². The average molecular weight is 343 g/mol. The minimum Gasteiger partial charge on any atom is -0.452 e. The zero-order valence-electron chi connectivity index (χ0n) is 13.4. The molecule has 1 N–H and O–H groups in total. The zero-order chi connectivity index (χ0) is 17.7. The van der Waals surface area contributed by atoms with Crippen LogP contribution in [-0.4, -0.2) is 24.5 Å². The van der Waals surface area contributed by atoms with Gasteiger partial charge in [0.1, 0.15) is 0 Å². The van der Waals surface area contributed by atoms with Gasteiger partial charge in [-0.05, 0) is 37.0 Å². The van der Waals surface area contributed by atoms with E-state index in [1.807, 2.05) is 0 Å². The first-order valence-electron chi connectivity index (χ1n) is 7.91. The second kappa shape index (κ2) is 7.68. The topological polar surface area (TPSA) is 55.4 Å². The molecule has 0 bridgehead atoms. The molecule has 132 valence electrons. The van der Waals surface area contributed by atoms with Gasteiger partial charge in [0.15, 0.2) is 6.61 Å². The van der Waals surface area contributed by atoms with Crippen LogP contribution in [0.2, 0.25) is 0 Å². The summed E-state index contributed by atoms with van der Waals surface area (Å²) in [5.74, 6) is -1.02. The van der Waals surface area contributed by atoms with Gasteiger partial charge in [-0.3, -0.25) is 4.79 Å². The van der Waals surface area contributed by atoms with Crippen LogP contribution in [0.1, 0.15) is 48.5 Å². The Morgan fingerprint density at radius 3 is 2.62 bits per heavy atom. The SMILES string of the molecule is CC1CCCCC1NC(=O)COC(=O)c1cccc(C(F)(F)F)c1. The molecule has 0 aromatic heterocycles. The summed E-state index contributed by atoms with van der Waals surface area (Å²) in [4.78, 5) is 23.7. The number of hydrogen-bond acceptors (Lipinski definition) is 3. The molecule has 2 atom stereocenters. The summed E-state index contributed by atoms with van der Waals surface area (Å²) >= 11 is 0. The minimum absolute atomic E-state index is 0.0542. The lowest BCUT2D eigenvalue weighted by molar-refractivity contribution is -0.137. The number of esters is 1. The van der Waals surface area contributed by atoms with Gasteiger partial charge < -0.3 is 10.1 Å². The van der Waals surface area contributed by atoms with Crippen molar-refractivity contribution in [1.82, 2.24) is 5.32 Å². The van der Waals surface area contributed by atoms with Crippen molar-refractivity contribution >= 4 is 11.9 Å². The van der Waals surface area contributed by atoms with Crippen molar-refractivity contribution in [2.45, 2.75) is 44.8 Å². The molecule has 0 saturated heterocycles. The van der Waals surface area contributed by atoms with Crippen molar-refractivity contribution in [1.29, 1.82) is 0 Å². The minimum atomic E-state index is -4.54. The summed E-state index contributed by atoms with van der Waals surface area (Å²) in [6.07, 6.45) is -0.439. The average Bonchev–Trinajstić information content (AvgIpc) is 2.54. The van der Waals surface area contributed by atoms with Crippen molar-refractivity contribution in [3.05, 3.63) is 35.4 Å². The fourth-order valence-electron chi connectivity index (χ4n) is 2.82. The first kappa shape index (κ1) is 18.3. The lowest BCUT2D eigenvalue weighted by Gasteiger charge is -2.29. The maximum atomic E-state index is 12.6. The van der Waals surface area contributed by atoms with Crippen LogP contribution in [0.5, 0.6) is 0 Å². The highest BCUT2D eigenvalue weighted by atomic mass is 19.4. The fourth-order valence-corrected chi connectivity index (χ4v) is 2.82. The number of benzene rings is 1. The molecule has 7 heteroatoms. The van der Waals surface area contributed by atoms with Crippen molar-refractivity contribution in [3.8, 4) is 0 Å². The van der Waals surface area contributed by atoms with Crippen LogP contribution in [0.25, 0.3) is 0 Å². The molecule has 0 heterocycles. The number of carbonyl (C=O) groups excluding carboxylic acids is 2. The maximum absolute atomic E-state index is 12.6. The number of halogens is 3. The number of hydrogen-bond donors (Lipinski definition) is 1. The van der Waals surface area contributed by atoms with Crippen LogP contribution in [0.3, 0.4) is 0 Å². The molecule has 1 aliphatic rings. The van der Waals surface area contributed by atoms with Crippen molar-refractivity contribution in [3.63, 3.8) is 0 Å². The Labute approximate surface area is 138 Å². The predicted octanol–water partition coefficient (Wildman–Crippen LogP) is 3.56. The Morgan fingerprint density at radius 2 is 1.96 bits per heavy atom. The molecule has 4 nitrogen and oxygen atoms in total. The summed E-state index contributed by atoms with van der Waals surface area (Å²) in [5.41, 5.74) is -1.17. The van der Waals surface area contributed by atoms with E-state index in [2.05, 4.69) is 12.2 Å². The van der Waals surface area contributed by atoms with E-state index >= 15 is 0 Å². The lowest BCUT2D eigenvalue weighted by Crippen LogP contribution is -2.42. The molecule has 2 rings (SSSR count). The van der Waals surface area contributed by atoms with Crippen molar-refractivity contribution < 1.29 is 27.5 Å². The van der Waals surface area contributed by atoms with E-state index in [1.54, 1.807) is 0 Å². The first-order chi connectivity index (χ1) is 11.3. The number of alkyl halides is 3. The lowest BCUT2D eigenvalue weighted by atomic mass is 9.86. The van der Waals surface area contributed by atoms with Crippen LogP contribution >= 0.6 is 0 Å². The predicted molar refractivity (Wildman–Crippen MR) is 81.3 cm³/mol. The van der Waals surface area contributed by atoms with Gasteiger partial charge in [0.2, 0.25) is 0 Å². The largest absolute Gasteiger partial charge is 0.452 e. The standard InChI is InChI=1S/C17H20F3NO3/c1-11-5-2-3-8-14(11)21-15(22)10-24-16(23)12-6-4-7-13(9-12)17(18,19)20/h4,6-7,9,11,14H,2-3,5,8,10H2,1H3,(H,21,22). The summed E-state index contributed by atoms with van der Waals surface area (Å²) in [6.45, 7) is 1.55. The first-order valence-corrected chi connectivity index (χ1v) is 7.91. The highest BCUT2D eigenvalue weighted by Gasteiger charge is 2.31. The second-order valence-corrected chi connectivity index (χ2v) is 6.09. The van der Waals surface area contributed by atoms with Gasteiger partial charge >= 0.3 is 12.1 Å². The van der Waals surface area contributed by atoms with Gasteiger partial charge in [0.25, 0.3) is 5.91 Å². The van der Waals surface area contributed by atoms with Gasteiger partial charge in [-0.1, -0.05) is 25.8 Å². The van der Waals surface area contributed by atoms with Crippen LogP contribution in [-0.2, 0) is 15.7 Å². The third kappa shape index (κ3) is 4.97. The Morgan fingerprint density at radius 1 is 1.25 bits per heavy atom. The van der Waals surface area contributed by atoms with E-state index in [0.717, 1.165) is 37.8 Å². The number of rotatable bonds is 4. The Hall–Kier alpha value is -2.05. The van der Waals surface area contributed by atoms with E-state index in [4.69, 9.17) is 4.74 Å². The van der Waals surface area contributed by atoms with Crippen molar-refractivity contribution in [2.24, 2.45) is 5.92 Å². The molecule has 1 amide bonds. The molecule has 1 fully saturated rings. The van der Waals surface area contributed by atoms with Crippen molar-refractivity contribution in [2.75, 3.05) is 6.61 Å². The maximum Gasteiger partial charge on any atom is 0.416 e. The molecule has 0 radical (unpaired) electrons. The fraction of sp³-hybridized carbons (Fsp3) is 0.529. The quantitative estimate of drug-likeness (QED) is 0.851. The third-order valence-corrected chi connectivity index (χ3v) is 4.22. The Kier molecular flexibility index (Phi) is 5.85. The summed E-state index contributed by atoms with van der Waals surface area (Å²) < 4.78 is 42.7. The van der Waals surface area contributed by atoms with Crippen LogP contribution in [0, 0.1) is 5.92 Å². The summed E-state index contributed by atoms with van der Waals surface area (Å²) in [7, 11) is 0. The monoisotopic (exact) mass is 343 g/mol. The molecular weight excluding hydrogens is 323 g/mol. The van der Waals surface area contributed by atoms with Gasteiger partial charge in [-0.15, -0.1) is 0 Å². The third-order valence-electron chi connectivity index (χ3n) is 4.22. The van der Waals surface area contributed by atoms with E-state index in [-0.39, 0.29) is 11.6 Å². The number of nitrogens with one attached hydrogen (secondary N) is 1. The molecular formula is C17H20F3NO3. The molecule has 2 unspecified atom stereocenters. The number of ether oxygens (including phenoxy) is 1. The highest BCUT2D eigenvalue weighted by molar-refractivity contribution is 5.91. The number of amides is 1. The molecule has 0 aliphatic heterocycles. The highest BCUT2D eigenvalue weighted by Crippen LogP contribution is 2.29. The van der Waals surface area contributed by atoms with Crippen LogP contribution in [0.4, 0.5) is 13.2 Å². The Bertz CT molecular complexity index is 601. The molecule has 1 saturated carbocycles. The van der Waals surface area contributed by atoms with Gasteiger partial charge in [0, 0.05) is 6.04 Å². The summed E-state index contributed by atoms with van der Waals surface area (Å²) in [5, 5.41) is 2.81. The van der Waals surface area contributed by atoms with E-state index in [1.165, 1.54) is 6.07 Å². The molecule has 24 heavy (non-hydrogen) atoms. The molecule has 0 spiro atoms. The molecule has 1 aromatic carbocycles. The Balaban J connectivity index is 1.87. The normalized spacial score (nSPS) is 21.2. The van der Waals surface area contributed by atoms with E-state index in [0.29, 0.717) is 12.0 Å². The summed E-state index contributed by atoms with van der Waals surface area (Å²) in [6, 6.07) is 3.98. The molecule has 1 aromatic rings. The number of carbonyl (C=O) groups is 2. The van der Waals surface area contributed by atoms with Crippen LogP contribution < -0.4 is 5.32 Å². The van der Waals surface area contributed by atoms with Gasteiger partial charge in [0.05, 0.1) is 11.1 Å².